The SMILES string of the molecule is C=C(C)C(=O)OCCCCCCCCCCC[Si](C)(C)O. The Hall–Kier alpha value is -0.613. The zero-order chi connectivity index (χ0) is 16.1. The summed E-state index contributed by atoms with van der Waals surface area (Å²) < 4.78 is 5.05. The Morgan fingerprint density at radius 1 is 0.952 bits per heavy atom. The van der Waals surface area contributed by atoms with E-state index in [0.29, 0.717) is 12.2 Å². The Morgan fingerprint density at radius 2 is 1.38 bits per heavy atom. The fourth-order valence-corrected chi connectivity index (χ4v) is 3.30. The molecule has 0 radical (unpaired) electrons. The maximum absolute atomic E-state index is 11.1. The van der Waals surface area contributed by atoms with E-state index in [-0.39, 0.29) is 5.97 Å². The van der Waals surface area contributed by atoms with Crippen LogP contribution in [0.4, 0.5) is 0 Å². The molecule has 0 spiro atoms. The summed E-state index contributed by atoms with van der Waals surface area (Å²) >= 11 is 0. The molecule has 0 aliphatic heterocycles. The molecule has 0 amide bonds. The molecule has 0 aromatic rings. The van der Waals surface area contributed by atoms with Gasteiger partial charge in [-0.2, -0.15) is 0 Å². The van der Waals surface area contributed by atoms with Gasteiger partial charge in [0.15, 0.2) is 8.32 Å². The van der Waals surface area contributed by atoms with Crippen molar-refractivity contribution in [3.63, 3.8) is 0 Å². The van der Waals surface area contributed by atoms with Gasteiger partial charge < -0.3 is 9.53 Å². The standard InChI is InChI=1S/C17H34O3Si/c1-16(2)17(18)20-14-12-10-8-6-5-7-9-11-13-15-21(3,4)19/h19H,1,5-15H2,2-4H3. The number of ether oxygens (including phenoxy) is 1. The van der Waals surface area contributed by atoms with Gasteiger partial charge in [-0.05, 0) is 32.5 Å². The second-order valence-corrected chi connectivity index (χ2v) is 10.8. The maximum Gasteiger partial charge on any atom is 0.333 e. The zero-order valence-corrected chi connectivity index (χ0v) is 15.2. The van der Waals surface area contributed by atoms with E-state index in [1.165, 1.54) is 44.9 Å². The number of carbonyl (C=O) groups excluding carboxylic acids is 1. The van der Waals surface area contributed by atoms with E-state index < -0.39 is 8.32 Å². The van der Waals surface area contributed by atoms with E-state index in [1.54, 1.807) is 6.92 Å². The number of esters is 1. The van der Waals surface area contributed by atoms with E-state index in [1.807, 2.05) is 13.1 Å². The summed E-state index contributed by atoms with van der Waals surface area (Å²) in [5.74, 6) is -0.274. The van der Waals surface area contributed by atoms with Gasteiger partial charge in [-0.25, -0.2) is 4.79 Å². The van der Waals surface area contributed by atoms with Gasteiger partial charge in [0.1, 0.15) is 0 Å². The summed E-state index contributed by atoms with van der Waals surface area (Å²) in [5.41, 5.74) is 0.474. The lowest BCUT2D eigenvalue weighted by atomic mass is 10.1. The van der Waals surface area contributed by atoms with E-state index in [0.717, 1.165) is 18.9 Å². The summed E-state index contributed by atoms with van der Waals surface area (Å²) in [5, 5.41) is 0. The lowest BCUT2D eigenvalue weighted by Crippen LogP contribution is -2.23. The molecular formula is C17H34O3Si. The van der Waals surface area contributed by atoms with Crippen LogP contribution in [-0.4, -0.2) is 25.7 Å². The van der Waals surface area contributed by atoms with Crippen LogP contribution in [0.25, 0.3) is 0 Å². The Labute approximate surface area is 131 Å². The highest BCUT2D eigenvalue weighted by Gasteiger charge is 2.15. The molecule has 0 heterocycles. The van der Waals surface area contributed by atoms with Gasteiger partial charge in [-0.15, -0.1) is 0 Å². The third kappa shape index (κ3) is 15.6. The number of rotatable bonds is 13. The summed E-state index contributed by atoms with van der Waals surface area (Å²) in [4.78, 5) is 20.9. The number of carbonyl (C=O) groups is 1. The topological polar surface area (TPSA) is 46.5 Å². The number of hydrogen-bond donors (Lipinski definition) is 1. The second kappa shape index (κ2) is 12.0. The van der Waals surface area contributed by atoms with Crippen molar-refractivity contribution in [1.82, 2.24) is 0 Å². The van der Waals surface area contributed by atoms with Crippen LogP contribution in [0.5, 0.6) is 0 Å². The first-order valence-corrected chi connectivity index (χ1v) is 11.5. The minimum absolute atomic E-state index is 0.274. The normalized spacial score (nSPS) is 11.4. The predicted octanol–water partition coefficient (Wildman–Crippen LogP) is 4.81. The molecule has 124 valence electrons. The monoisotopic (exact) mass is 314 g/mol. The lowest BCUT2D eigenvalue weighted by molar-refractivity contribution is -0.139. The fourth-order valence-electron chi connectivity index (χ4n) is 2.19. The first kappa shape index (κ1) is 20.4. The second-order valence-electron chi connectivity index (χ2n) is 6.66. The smallest absolute Gasteiger partial charge is 0.333 e. The first-order valence-electron chi connectivity index (χ1n) is 8.38. The summed E-state index contributed by atoms with van der Waals surface area (Å²) in [6.07, 6.45) is 10.9. The van der Waals surface area contributed by atoms with Crippen molar-refractivity contribution in [3.05, 3.63) is 12.2 Å². The van der Waals surface area contributed by atoms with Gasteiger partial charge >= 0.3 is 5.97 Å². The number of unbranched alkanes of at least 4 members (excludes halogenated alkanes) is 8. The number of hydrogen-bond acceptors (Lipinski definition) is 3. The maximum atomic E-state index is 11.1. The summed E-state index contributed by atoms with van der Waals surface area (Å²) in [6.45, 7) is 9.77. The summed E-state index contributed by atoms with van der Waals surface area (Å²) in [6, 6.07) is 1.04. The third-order valence-electron chi connectivity index (χ3n) is 3.51. The van der Waals surface area contributed by atoms with Crippen molar-refractivity contribution in [2.24, 2.45) is 0 Å². The molecule has 0 aromatic heterocycles. The minimum Gasteiger partial charge on any atom is -0.462 e. The Kier molecular flexibility index (Phi) is 11.6. The van der Waals surface area contributed by atoms with Crippen molar-refractivity contribution in [2.75, 3.05) is 6.61 Å². The predicted molar refractivity (Wildman–Crippen MR) is 91.8 cm³/mol. The van der Waals surface area contributed by atoms with Crippen LogP contribution in [-0.2, 0) is 9.53 Å². The molecule has 3 nitrogen and oxygen atoms in total. The van der Waals surface area contributed by atoms with Crippen LogP contribution >= 0.6 is 0 Å². The molecule has 0 aromatic carbocycles. The zero-order valence-electron chi connectivity index (χ0n) is 14.2. The van der Waals surface area contributed by atoms with Gasteiger partial charge in [-0.3, -0.25) is 0 Å². The van der Waals surface area contributed by atoms with Gasteiger partial charge in [0, 0.05) is 5.57 Å². The van der Waals surface area contributed by atoms with E-state index in [2.05, 4.69) is 6.58 Å². The highest BCUT2D eigenvalue weighted by Crippen LogP contribution is 2.14. The molecule has 0 atom stereocenters. The first-order chi connectivity index (χ1) is 9.83. The Bertz CT molecular complexity index is 295. The van der Waals surface area contributed by atoms with E-state index >= 15 is 0 Å². The summed E-state index contributed by atoms with van der Waals surface area (Å²) in [7, 11) is -1.81. The van der Waals surface area contributed by atoms with Crippen LogP contribution in [0.1, 0.15) is 64.7 Å². The van der Waals surface area contributed by atoms with Crippen molar-refractivity contribution in [1.29, 1.82) is 0 Å². The van der Waals surface area contributed by atoms with Crippen molar-refractivity contribution >= 4 is 14.3 Å². The Balaban J connectivity index is 3.16. The molecule has 0 fully saturated rings. The molecule has 21 heavy (non-hydrogen) atoms. The molecule has 0 saturated heterocycles. The molecule has 4 heteroatoms. The molecule has 0 bridgehead atoms. The quantitative estimate of drug-likeness (QED) is 0.229. The third-order valence-corrected chi connectivity index (χ3v) is 5.09. The van der Waals surface area contributed by atoms with Crippen molar-refractivity contribution < 1.29 is 14.3 Å². The molecule has 0 aliphatic carbocycles. The van der Waals surface area contributed by atoms with E-state index in [4.69, 9.17) is 4.74 Å². The van der Waals surface area contributed by atoms with Crippen LogP contribution < -0.4 is 0 Å². The molecule has 0 aliphatic rings. The molecule has 0 saturated carbocycles. The minimum atomic E-state index is -1.81. The average molecular weight is 315 g/mol. The van der Waals surface area contributed by atoms with Crippen LogP contribution in [0.2, 0.25) is 19.1 Å². The van der Waals surface area contributed by atoms with Crippen LogP contribution in [0.3, 0.4) is 0 Å². The van der Waals surface area contributed by atoms with Crippen LogP contribution in [0, 0.1) is 0 Å². The molecule has 1 N–H and O–H groups in total. The van der Waals surface area contributed by atoms with Gasteiger partial charge in [0.25, 0.3) is 0 Å². The van der Waals surface area contributed by atoms with Gasteiger partial charge in [0.05, 0.1) is 6.61 Å². The average Bonchev–Trinajstić information content (AvgIpc) is 2.38. The van der Waals surface area contributed by atoms with Gasteiger partial charge in [-0.1, -0.05) is 57.9 Å². The Morgan fingerprint density at radius 3 is 1.81 bits per heavy atom. The van der Waals surface area contributed by atoms with Crippen LogP contribution in [0.15, 0.2) is 12.2 Å². The highest BCUT2D eigenvalue weighted by molar-refractivity contribution is 6.69. The van der Waals surface area contributed by atoms with Crippen molar-refractivity contribution in [3.8, 4) is 0 Å². The highest BCUT2D eigenvalue weighted by atomic mass is 28.4. The molecular weight excluding hydrogens is 280 g/mol. The van der Waals surface area contributed by atoms with Crippen molar-refractivity contribution in [2.45, 2.75) is 83.8 Å². The molecule has 0 unspecified atom stereocenters. The largest absolute Gasteiger partial charge is 0.462 e. The lowest BCUT2D eigenvalue weighted by Gasteiger charge is -2.12. The fraction of sp³-hybridized carbons (Fsp3) is 0.824. The molecule has 0 rings (SSSR count). The van der Waals surface area contributed by atoms with Gasteiger partial charge in [0.2, 0.25) is 0 Å². The van der Waals surface area contributed by atoms with E-state index in [9.17, 15) is 9.59 Å².